The van der Waals surface area contributed by atoms with Crippen molar-refractivity contribution in [1.29, 1.82) is 0 Å². The van der Waals surface area contributed by atoms with Gasteiger partial charge in [0.15, 0.2) is 0 Å². The third-order valence-corrected chi connectivity index (χ3v) is 3.08. The molecule has 0 aliphatic heterocycles. The summed E-state index contributed by atoms with van der Waals surface area (Å²) >= 11 is 0. The third kappa shape index (κ3) is 4.56. The van der Waals surface area contributed by atoms with Crippen molar-refractivity contribution in [2.24, 2.45) is 5.73 Å². The first-order chi connectivity index (χ1) is 8.95. The molecule has 0 spiro atoms. The van der Waals surface area contributed by atoms with Gasteiger partial charge in [0, 0.05) is 12.6 Å². The van der Waals surface area contributed by atoms with Crippen molar-refractivity contribution in [2.45, 2.75) is 45.7 Å². The number of phenols is 1. The van der Waals surface area contributed by atoms with Crippen LogP contribution < -0.4 is 5.73 Å². The van der Waals surface area contributed by atoms with Gasteiger partial charge in [0.25, 0.3) is 0 Å². The zero-order valence-corrected chi connectivity index (χ0v) is 12.0. The van der Waals surface area contributed by atoms with Crippen molar-refractivity contribution in [3.63, 3.8) is 0 Å². The van der Waals surface area contributed by atoms with Crippen LogP contribution in [-0.4, -0.2) is 34.5 Å². The Morgan fingerprint density at radius 3 is 2.37 bits per heavy atom. The third-order valence-electron chi connectivity index (χ3n) is 3.08. The van der Waals surface area contributed by atoms with Crippen molar-refractivity contribution < 1.29 is 9.90 Å². The highest BCUT2D eigenvalue weighted by molar-refractivity contribution is 5.82. The molecule has 0 aliphatic rings. The molecular weight excluding hydrogens is 240 g/mol. The van der Waals surface area contributed by atoms with Crippen LogP contribution in [-0.2, 0) is 11.2 Å². The summed E-state index contributed by atoms with van der Waals surface area (Å²) in [4.78, 5) is 14.1. The number of aromatic hydroxyl groups is 1. The zero-order chi connectivity index (χ0) is 14.4. The van der Waals surface area contributed by atoms with Crippen molar-refractivity contribution in [3.8, 4) is 5.75 Å². The lowest BCUT2D eigenvalue weighted by Crippen LogP contribution is -2.48. The molecular formula is C15H24N2O2. The summed E-state index contributed by atoms with van der Waals surface area (Å²) in [5, 5.41) is 9.22. The van der Waals surface area contributed by atoms with Crippen LogP contribution in [0.3, 0.4) is 0 Å². The van der Waals surface area contributed by atoms with Crippen LogP contribution >= 0.6 is 0 Å². The van der Waals surface area contributed by atoms with Gasteiger partial charge in [-0.15, -0.1) is 0 Å². The van der Waals surface area contributed by atoms with Gasteiger partial charge in [-0.3, -0.25) is 4.79 Å². The SMILES string of the molecule is CCCN(C(=O)C(N)Cc1ccc(O)cc1)C(C)C. The van der Waals surface area contributed by atoms with Crippen LogP contribution in [0.1, 0.15) is 32.8 Å². The number of nitrogens with zero attached hydrogens (tertiary/aromatic N) is 1. The van der Waals surface area contributed by atoms with Crippen LogP contribution in [0.2, 0.25) is 0 Å². The molecule has 4 heteroatoms. The van der Waals surface area contributed by atoms with E-state index in [1.165, 1.54) is 0 Å². The normalized spacial score (nSPS) is 12.5. The molecule has 0 saturated heterocycles. The fraction of sp³-hybridized carbons (Fsp3) is 0.533. The number of phenolic OH excluding ortho intramolecular Hbond substituents is 1. The topological polar surface area (TPSA) is 66.6 Å². The molecule has 0 aromatic heterocycles. The van der Waals surface area contributed by atoms with E-state index < -0.39 is 6.04 Å². The Balaban J connectivity index is 2.67. The second-order valence-corrected chi connectivity index (χ2v) is 5.10. The van der Waals surface area contributed by atoms with E-state index in [4.69, 9.17) is 5.73 Å². The highest BCUT2D eigenvalue weighted by Gasteiger charge is 2.22. The molecule has 0 bridgehead atoms. The Morgan fingerprint density at radius 1 is 1.32 bits per heavy atom. The van der Waals surface area contributed by atoms with E-state index in [-0.39, 0.29) is 17.7 Å². The summed E-state index contributed by atoms with van der Waals surface area (Å²) in [6.45, 7) is 6.79. The summed E-state index contributed by atoms with van der Waals surface area (Å²) in [7, 11) is 0. The zero-order valence-electron chi connectivity index (χ0n) is 12.0. The van der Waals surface area contributed by atoms with Gasteiger partial charge in [-0.05, 0) is 44.4 Å². The van der Waals surface area contributed by atoms with Crippen LogP contribution in [0.25, 0.3) is 0 Å². The van der Waals surface area contributed by atoms with Crippen LogP contribution in [0.15, 0.2) is 24.3 Å². The maximum atomic E-state index is 12.3. The largest absolute Gasteiger partial charge is 0.508 e. The quantitative estimate of drug-likeness (QED) is 0.824. The van der Waals surface area contributed by atoms with E-state index in [0.717, 1.165) is 18.5 Å². The summed E-state index contributed by atoms with van der Waals surface area (Å²) < 4.78 is 0. The smallest absolute Gasteiger partial charge is 0.240 e. The lowest BCUT2D eigenvalue weighted by atomic mass is 10.0. The Kier molecular flexibility index (Phi) is 5.83. The molecule has 1 unspecified atom stereocenters. The first kappa shape index (κ1) is 15.5. The predicted octanol–water partition coefficient (Wildman–Crippen LogP) is 1.91. The Labute approximate surface area is 115 Å². The Hall–Kier alpha value is -1.55. The summed E-state index contributed by atoms with van der Waals surface area (Å²) in [6.07, 6.45) is 1.42. The van der Waals surface area contributed by atoms with E-state index in [1.807, 2.05) is 25.7 Å². The van der Waals surface area contributed by atoms with Gasteiger partial charge in [-0.1, -0.05) is 19.1 Å². The van der Waals surface area contributed by atoms with Gasteiger partial charge in [0.2, 0.25) is 5.91 Å². The molecule has 0 heterocycles. The predicted molar refractivity (Wildman–Crippen MR) is 76.9 cm³/mol. The molecule has 0 fully saturated rings. The second kappa shape index (κ2) is 7.14. The van der Waals surface area contributed by atoms with Crippen molar-refractivity contribution in [1.82, 2.24) is 4.90 Å². The highest BCUT2D eigenvalue weighted by Crippen LogP contribution is 2.12. The molecule has 1 rings (SSSR count). The average molecular weight is 264 g/mol. The maximum absolute atomic E-state index is 12.3. The van der Waals surface area contributed by atoms with E-state index >= 15 is 0 Å². The van der Waals surface area contributed by atoms with E-state index in [2.05, 4.69) is 0 Å². The molecule has 19 heavy (non-hydrogen) atoms. The number of hydrogen-bond acceptors (Lipinski definition) is 3. The lowest BCUT2D eigenvalue weighted by Gasteiger charge is -2.29. The maximum Gasteiger partial charge on any atom is 0.240 e. The average Bonchev–Trinajstić information content (AvgIpc) is 2.37. The Bertz CT molecular complexity index is 401. The van der Waals surface area contributed by atoms with Gasteiger partial charge >= 0.3 is 0 Å². The van der Waals surface area contributed by atoms with Gasteiger partial charge in [-0.2, -0.15) is 0 Å². The molecule has 106 valence electrons. The Morgan fingerprint density at radius 2 is 1.89 bits per heavy atom. The fourth-order valence-electron chi connectivity index (χ4n) is 2.05. The first-order valence-corrected chi connectivity index (χ1v) is 6.79. The molecule has 3 N–H and O–H groups in total. The molecule has 1 atom stereocenters. The number of amides is 1. The van der Waals surface area contributed by atoms with E-state index in [1.54, 1.807) is 24.3 Å². The molecule has 1 amide bonds. The molecule has 1 aromatic rings. The fourth-order valence-corrected chi connectivity index (χ4v) is 2.05. The van der Waals surface area contributed by atoms with Crippen LogP contribution in [0.4, 0.5) is 0 Å². The summed E-state index contributed by atoms with van der Waals surface area (Å²) in [5.41, 5.74) is 6.96. The summed E-state index contributed by atoms with van der Waals surface area (Å²) in [6, 6.07) is 6.44. The van der Waals surface area contributed by atoms with E-state index in [0.29, 0.717) is 6.42 Å². The number of rotatable bonds is 6. The number of carbonyl (C=O) groups is 1. The first-order valence-electron chi connectivity index (χ1n) is 6.79. The number of nitrogens with two attached hydrogens (primary N) is 1. The monoisotopic (exact) mass is 264 g/mol. The molecule has 0 saturated carbocycles. The minimum atomic E-state index is -0.529. The lowest BCUT2D eigenvalue weighted by molar-refractivity contribution is -0.134. The summed E-state index contributed by atoms with van der Waals surface area (Å²) in [5.74, 6) is 0.211. The number of benzene rings is 1. The van der Waals surface area contributed by atoms with Crippen molar-refractivity contribution in [3.05, 3.63) is 29.8 Å². The molecule has 4 nitrogen and oxygen atoms in total. The van der Waals surface area contributed by atoms with Gasteiger partial charge in [0.05, 0.1) is 6.04 Å². The minimum Gasteiger partial charge on any atom is -0.508 e. The highest BCUT2D eigenvalue weighted by atomic mass is 16.3. The van der Waals surface area contributed by atoms with Crippen LogP contribution in [0, 0.1) is 0 Å². The minimum absolute atomic E-state index is 0.00933. The van der Waals surface area contributed by atoms with Gasteiger partial charge in [0.1, 0.15) is 5.75 Å². The van der Waals surface area contributed by atoms with Gasteiger partial charge < -0.3 is 15.7 Å². The number of carbonyl (C=O) groups excluding carboxylic acids is 1. The van der Waals surface area contributed by atoms with Crippen molar-refractivity contribution in [2.75, 3.05) is 6.54 Å². The number of hydrogen-bond donors (Lipinski definition) is 2. The van der Waals surface area contributed by atoms with Crippen LogP contribution in [0.5, 0.6) is 5.75 Å². The molecule has 0 radical (unpaired) electrons. The second-order valence-electron chi connectivity index (χ2n) is 5.10. The molecule has 1 aromatic carbocycles. The van der Waals surface area contributed by atoms with E-state index in [9.17, 15) is 9.90 Å². The van der Waals surface area contributed by atoms with Crippen molar-refractivity contribution >= 4 is 5.91 Å². The standard InChI is InChI=1S/C15H24N2O2/c1-4-9-17(11(2)3)15(19)14(16)10-12-5-7-13(18)8-6-12/h5-8,11,14,18H,4,9-10,16H2,1-3H3. The van der Waals surface area contributed by atoms with Gasteiger partial charge in [-0.25, -0.2) is 0 Å². The molecule has 0 aliphatic carbocycles.